The van der Waals surface area contributed by atoms with Gasteiger partial charge in [-0.1, -0.05) is 13.8 Å². The molecule has 0 atom stereocenters. The zero-order valence-corrected chi connectivity index (χ0v) is 12.9. The molecule has 1 aromatic carbocycles. The van der Waals surface area contributed by atoms with Crippen LogP contribution in [-0.4, -0.2) is 19.9 Å². The number of aromatic nitrogens is 4. The summed E-state index contributed by atoms with van der Waals surface area (Å²) in [4.78, 5) is 16.8. The van der Waals surface area contributed by atoms with E-state index < -0.39 is 11.6 Å². The van der Waals surface area contributed by atoms with Crippen LogP contribution in [0.4, 0.5) is 8.78 Å². The molecule has 0 saturated heterocycles. The van der Waals surface area contributed by atoms with Crippen molar-refractivity contribution in [1.29, 1.82) is 0 Å². The normalized spacial score (nSPS) is 10.3. The zero-order chi connectivity index (χ0) is 16.3. The van der Waals surface area contributed by atoms with E-state index in [-0.39, 0.29) is 5.56 Å². The van der Waals surface area contributed by atoms with Crippen LogP contribution in [0.1, 0.15) is 25.2 Å². The molecule has 0 amide bonds. The Morgan fingerprint density at radius 2 is 1.59 bits per heavy atom. The van der Waals surface area contributed by atoms with Crippen molar-refractivity contribution in [2.45, 2.75) is 27.7 Å². The van der Waals surface area contributed by atoms with E-state index in [4.69, 9.17) is 0 Å². The number of fused-ring (bicyclic) bond motifs is 1. The summed E-state index contributed by atoms with van der Waals surface area (Å²) in [7, 11) is 0. The molecule has 0 fully saturated rings. The van der Waals surface area contributed by atoms with Crippen molar-refractivity contribution in [3.8, 4) is 11.3 Å². The first kappa shape index (κ1) is 15.9. The summed E-state index contributed by atoms with van der Waals surface area (Å²) in [6.45, 7) is 7.63. The topological polar surface area (TPSA) is 51.6 Å². The van der Waals surface area contributed by atoms with E-state index in [2.05, 4.69) is 19.9 Å². The van der Waals surface area contributed by atoms with E-state index in [1.165, 1.54) is 18.5 Å². The van der Waals surface area contributed by atoms with Gasteiger partial charge in [-0.15, -0.1) is 0 Å². The molecule has 2 heterocycles. The number of benzene rings is 1. The first-order valence-electron chi connectivity index (χ1n) is 6.97. The van der Waals surface area contributed by atoms with Crippen LogP contribution in [0.5, 0.6) is 0 Å². The molecule has 0 aliphatic carbocycles. The standard InChI is InChI=1S/C14H10F2N4.C2H6/c1-7-8(2)20-14-13(19-7)12(17-6-18-14)10-4-3-9(15)5-11(10)16;1-2/h3-6H,1-2H3;1-2H3. The van der Waals surface area contributed by atoms with Crippen molar-refractivity contribution < 1.29 is 8.78 Å². The van der Waals surface area contributed by atoms with Gasteiger partial charge in [-0.3, -0.25) is 0 Å². The van der Waals surface area contributed by atoms with Crippen LogP contribution in [0, 0.1) is 25.5 Å². The predicted molar refractivity (Wildman–Crippen MR) is 81.3 cm³/mol. The Labute approximate surface area is 127 Å². The SMILES string of the molecule is CC.Cc1nc2ncnc(-c3ccc(F)cc3F)c2nc1C. The first-order valence-corrected chi connectivity index (χ1v) is 6.97. The van der Waals surface area contributed by atoms with Gasteiger partial charge in [-0.05, 0) is 26.0 Å². The molecule has 0 aliphatic rings. The summed E-state index contributed by atoms with van der Waals surface area (Å²) in [6, 6.07) is 3.34. The second-order valence-electron chi connectivity index (χ2n) is 4.41. The third kappa shape index (κ3) is 2.90. The van der Waals surface area contributed by atoms with E-state index >= 15 is 0 Å². The Hall–Kier alpha value is -2.50. The summed E-state index contributed by atoms with van der Waals surface area (Å²) < 4.78 is 26.9. The summed E-state index contributed by atoms with van der Waals surface area (Å²) in [5, 5.41) is 0. The Balaban J connectivity index is 0.000000847. The highest BCUT2D eigenvalue weighted by Gasteiger charge is 2.14. The van der Waals surface area contributed by atoms with Gasteiger partial charge in [0.25, 0.3) is 0 Å². The quantitative estimate of drug-likeness (QED) is 0.681. The summed E-state index contributed by atoms with van der Waals surface area (Å²) >= 11 is 0. The molecule has 3 aromatic rings. The van der Waals surface area contributed by atoms with Crippen molar-refractivity contribution >= 4 is 11.2 Å². The van der Waals surface area contributed by atoms with Gasteiger partial charge in [-0.2, -0.15) is 0 Å². The number of nitrogens with zero attached hydrogens (tertiary/aromatic N) is 4. The highest BCUT2D eigenvalue weighted by molar-refractivity contribution is 5.86. The van der Waals surface area contributed by atoms with Crippen molar-refractivity contribution in [1.82, 2.24) is 19.9 Å². The van der Waals surface area contributed by atoms with Gasteiger partial charge in [-0.25, -0.2) is 28.7 Å². The second kappa shape index (κ2) is 6.51. The molecule has 0 spiro atoms. The van der Waals surface area contributed by atoms with Gasteiger partial charge in [0.1, 0.15) is 29.2 Å². The maximum atomic E-state index is 13.9. The van der Waals surface area contributed by atoms with Gasteiger partial charge >= 0.3 is 0 Å². The van der Waals surface area contributed by atoms with Crippen LogP contribution in [0.3, 0.4) is 0 Å². The Bertz CT molecular complexity index is 819. The molecule has 114 valence electrons. The number of rotatable bonds is 1. The van der Waals surface area contributed by atoms with E-state index in [0.717, 1.165) is 17.5 Å². The maximum absolute atomic E-state index is 13.9. The summed E-state index contributed by atoms with van der Waals surface area (Å²) in [5.41, 5.74) is 2.75. The van der Waals surface area contributed by atoms with Crippen LogP contribution < -0.4 is 0 Å². The number of hydrogen-bond acceptors (Lipinski definition) is 4. The molecule has 0 unspecified atom stereocenters. The third-order valence-corrected chi connectivity index (χ3v) is 3.07. The minimum atomic E-state index is -0.690. The summed E-state index contributed by atoms with van der Waals surface area (Å²) in [6.07, 6.45) is 1.30. The number of hydrogen-bond donors (Lipinski definition) is 0. The fourth-order valence-electron chi connectivity index (χ4n) is 1.92. The van der Waals surface area contributed by atoms with Gasteiger partial charge in [0.15, 0.2) is 5.65 Å². The molecule has 3 rings (SSSR count). The van der Waals surface area contributed by atoms with Crippen molar-refractivity contribution in [2.24, 2.45) is 0 Å². The smallest absolute Gasteiger partial charge is 0.182 e. The van der Waals surface area contributed by atoms with Crippen molar-refractivity contribution in [2.75, 3.05) is 0 Å². The molecule has 0 N–H and O–H groups in total. The minimum Gasteiger partial charge on any atom is -0.246 e. The molecule has 0 aliphatic heterocycles. The number of aryl methyl sites for hydroxylation is 2. The van der Waals surface area contributed by atoms with Crippen LogP contribution in [0.25, 0.3) is 22.4 Å². The van der Waals surface area contributed by atoms with E-state index in [1.54, 1.807) is 6.92 Å². The molecule has 4 nitrogen and oxygen atoms in total. The lowest BCUT2D eigenvalue weighted by atomic mass is 10.1. The lowest BCUT2D eigenvalue weighted by molar-refractivity contribution is 0.585. The largest absolute Gasteiger partial charge is 0.246 e. The Morgan fingerprint density at radius 1 is 0.909 bits per heavy atom. The zero-order valence-electron chi connectivity index (χ0n) is 12.9. The fraction of sp³-hybridized carbons (Fsp3) is 0.250. The molecule has 0 radical (unpaired) electrons. The molecule has 2 aromatic heterocycles. The van der Waals surface area contributed by atoms with E-state index in [1.807, 2.05) is 20.8 Å². The third-order valence-electron chi connectivity index (χ3n) is 3.07. The van der Waals surface area contributed by atoms with E-state index in [9.17, 15) is 8.78 Å². The first-order chi connectivity index (χ1) is 10.6. The van der Waals surface area contributed by atoms with Crippen molar-refractivity contribution in [3.63, 3.8) is 0 Å². The molecular formula is C16H16F2N4. The molecule has 6 heteroatoms. The predicted octanol–water partition coefficient (Wildman–Crippen LogP) is 4.01. The van der Waals surface area contributed by atoms with Crippen LogP contribution >= 0.6 is 0 Å². The Morgan fingerprint density at radius 3 is 2.27 bits per heavy atom. The molecule has 0 saturated carbocycles. The van der Waals surface area contributed by atoms with Crippen LogP contribution in [0.15, 0.2) is 24.5 Å². The minimum absolute atomic E-state index is 0.177. The summed E-state index contributed by atoms with van der Waals surface area (Å²) in [5.74, 6) is -1.33. The van der Waals surface area contributed by atoms with Gasteiger partial charge in [0.05, 0.1) is 11.4 Å². The molecule has 0 bridgehead atoms. The molecule has 22 heavy (non-hydrogen) atoms. The average molecular weight is 302 g/mol. The van der Waals surface area contributed by atoms with Crippen molar-refractivity contribution in [3.05, 3.63) is 47.5 Å². The highest BCUT2D eigenvalue weighted by Crippen LogP contribution is 2.26. The fourth-order valence-corrected chi connectivity index (χ4v) is 1.92. The lowest BCUT2D eigenvalue weighted by Gasteiger charge is -2.07. The second-order valence-corrected chi connectivity index (χ2v) is 4.41. The average Bonchev–Trinajstić information content (AvgIpc) is 2.50. The van der Waals surface area contributed by atoms with Crippen LogP contribution in [0.2, 0.25) is 0 Å². The Kier molecular flexibility index (Phi) is 4.70. The molecular weight excluding hydrogens is 286 g/mol. The van der Waals surface area contributed by atoms with Gasteiger partial charge in [0, 0.05) is 11.6 Å². The lowest BCUT2D eigenvalue weighted by Crippen LogP contribution is -2.00. The highest BCUT2D eigenvalue weighted by atomic mass is 19.1. The maximum Gasteiger partial charge on any atom is 0.182 e. The van der Waals surface area contributed by atoms with Gasteiger partial charge < -0.3 is 0 Å². The van der Waals surface area contributed by atoms with E-state index in [0.29, 0.717) is 16.9 Å². The monoisotopic (exact) mass is 302 g/mol. The van der Waals surface area contributed by atoms with Gasteiger partial charge in [0.2, 0.25) is 0 Å². The van der Waals surface area contributed by atoms with Crippen LogP contribution in [-0.2, 0) is 0 Å². The number of halogens is 2.